The minimum atomic E-state index is 0.00620. The lowest BCUT2D eigenvalue weighted by Crippen LogP contribution is -2.48. The van der Waals surface area contributed by atoms with Gasteiger partial charge in [0.15, 0.2) is 5.96 Å². The van der Waals surface area contributed by atoms with Crippen molar-refractivity contribution >= 4 is 11.9 Å². The van der Waals surface area contributed by atoms with Crippen molar-refractivity contribution in [2.45, 2.75) is 64.1 Å². The van der Waals surface area contributed by atoms with E-state index in [0.717, 1.165) is 48.8 Å². The second-order valence-corrected chi connectivity index (χ2v) is 8.46. The molecule has 1 aliphatic heterocycles. The van der Waals surface area contributed by atoms with Crippen LogP contribution in [0.3, 0.4) is 0 Å². The van der Waals surface area contributed by atoms with Crippen LogP contribution in [0.4, 0.5) is 0 Å². The molecular formula is C19H31N7O. The van der Waals surface area contributed by atoms with Crippen molar-refractivity contribution < 1.29 is 4.79 Å². The number of hydrogen-bond donors (Lipinski definition) is 2. The van der Waals surface area contributed by atoms with Crippen LogP contribution in [0.25, 0.3) is 0 Å². The van der Waals surface area contributed by atoms with E-state index in [1.165, 1.54) is 25.7 Å². The summed E-state index contributed by atoms with van der Waals surface area (Å²) in [5.74, 6) is 4.12. The van der Waals surface area contributed by atoms with E-state index in [0.29, 0.717) is 6.04 Å². The van der Waals surface area contributed by atoms with Crippen molar-refractivity contribution in [2.75, 3.05) is 20.6 Å². The Morgan fingerprint density at radius 2 is 2.11 bits per heavy atom. The Balaban J connectivity index is 1.49. The van der Waals surface area contributed by atoms with Gasteiger partial charge in [-0.05, 0) is 50.9 Å². The number of nitrogens with one attached hydrogen (secondary N) is 2. The zero-order valence-corrected chi connectivity index (χ0v) is 16.6. The maximum absolute atomic E-state index is 12.0. The molecule has 2 bridgehead atoms. The number of nitrogens with zero attached hydrogens (tertiary/aromatic N) is 5. The highest BCUT2D eigenvalue weighted by Gasteiger charge is 2.40. The molecule has 1 aromatic heterocycles. The minimum absolute atomic E-state index is 0.00620. The Morgan fingerprint density at radius 1 is 1.26 bits per heavy atom. The van der Waals surface area contributed by atoms with Crippen LogP contribution in [0.2, 0.25) is 0 Å². The Morgan fingerprint density at radius 3 is 2.81 bits per heavy atom. The van der Waals surface area contributed by atoms with Gasteiger partial charge in [-0.3, -0.25) is 4.79 Å². The Bertz CT molecular complexity index is 726. The van der Waals surface area contributed by atoms with E-state index in [9.17, 15) is 4.79 Å². The van der Waals surface area contributed by atoms with Gasteiger partial charge in [-0.25, -0.2) is 14.7 Å². The van der Waals surface area contributed by atoms with Gasteiger partial charge in [0.1, 0.15) is 18.2 Å². The van der Waals surface area contributed by atoms with Gasteiger partial charge in [0.2, 0.25) is 5.91 Å². The number of carbonyl (C=O) groups is 1. The van der Waals surface area contributed by atoms with Gasteiger partial charge < -0.3 is 15.5 Å². The number of hydrogen-bond acceptors (Lipinski definition) is 4. The Hall–Kier alpha value is -2.12. The molecular weight excluding hydrogens is 342 g/mol. The Kier molecular flexibility index (Phi) is 5.06. The molecule has 1 amide bonds. The molecule has 27 heavy (non-hydrogen) atoms. The number of likely N-dealkylation sites (N-methyl/N-ethyl adjacent to an activating group) is 1. The monoisotopic (exact) mass is 373 g/mol. The first-order chi connectivity index (χ1) is 13.0. The third-order valence-electron chi connectivity index (χ3n) is 6.22. The van der Waals surface area contributed by atoms with Crippen LogP contribution in [0, 0.1) is 18.8 Å². The summed E-state index contributed by atoms with van der Waals surface area (Å²) in [4.78, 5) is 22.8. The number of rotatable bonds is 4. The number of fused-ring (bicyclic) bond motifs is 3. The Labute approximate surface area is 160 Å². The number of aromatic nitrogens is 3. The van der Waals surface area contributed by atoms with Crippen molar-refractivity contribution in [3.63, 3.8) is 0 Å². The first-order valence-corrected chi connectivity index (χ1v) is 10.2. The van der Waals surface area contributed by atoms with Gasteiger partial charge in [0.25, 0.3) is 0 Å². The van der Waals surface area contributed by atoms with Crippen molar-refractivity contribution in [2.24, 2.45) is 16.8 Å². The molecule has 0 saturated heterocycles. The molecule has 0 radical (unpaired) electrons. The first-order valence-electron chi connectivity index (χ1n) is 10.2. The molecule has 8 heteroatoms. The van der Waals surface area contributed by atoms with E-state index in [4.69, 9.17) is 0 Å². The largest absolute Gasteiger partial charge is 0.353 e. The molecule has 4 rings (SSSR count). The summed E-state index contributed by atoms with van der Waals surface area (Å²) in [5.41, 5.74) is 0. The van der Waals surface area contributed by atoms with E-state index in [-0.39, 0.29) is 18.5 Å². The highest BCUT2D eigenvalue weighted by molar-refractivity contribution is 5.85. The number of aryl methyl sites for hydroxylation is 2. The predicted molar refractivity (Wildman–Crippen MR) is 103 cm³/mol. The lowest BCUT2D eigenvalue weighted by Gasteiger charge is -2.29. The maximum atomic E-state index is 12.0. The standard InChI is InChI=1S/C19H31N7O/c1-12-21-18-15(5-4-8-26(18)24-12)22-19(20-11-17(27)25(2)3)23-16-10-13-6-7-14(16)9-13/h13-16H,4-11H2,1-3H3,(H2,20,22,23). The van der Waals surface area contributed by atoms with E-state index < -0.39 is 0 Å². The summed E-state index contributed by atoms with van der Waals surface area (Å²) in [6, 6.07) is 0.548. The normalized spacial score (nSPS) is 29.5. The van der Waals surface area contributed by atoms with Crippen LogP contribution in [-0.2, 0) is 11.3 Å². The minimum Gasteiger partial charge on any atom is -0.353 e. The van der Waals surface area contributed by atoms with E-state index >= 15 is 0 Å². The third-order valence-corrected chi connectivity index (χ3v) is 6.22. The quantitative estimate of drug-likeness (QED) is 0.612. The van der Waals surface area contributed by atoms with Crippen molar-refractivity contribution in [3.8, 4) is 0 Å². The smallest absolute Gasteiger partial charge is 0.243 e. The fourth-order valence-electron chi connectivity index (χ4n) is 4.79. The van der Waals surface area contributed by atoms with Gasteiger partial charge in [-0.1, -0.05) is 6.42 Å². The average Bonchev–Trinajstić information content (AvgIpc) is 3.34. The summed E-state index contributed by atoms with van der Waals surface area (Å²) < 4.78 is 2.00. The number of aliphatic imine (C=N–C) groups is 1. The second kappa shape index (κ2) is 7.48. The van der Waals surface area contributed by atoms with E-state index in [2.05, 4.69) is 25.7 Å². The highest BCUT2D eigenvalue weighted by Crippen LogP contribution is 2.44. The molecule has 2 saturated carbocycles. The summed E-state index contributed by atoms with van der Waals surface area (Å²) in [7, 11) is 3.53. The van der Waals surface area contributed by atoms with E-state index in [1.54, 1.807) is 19.0 Å². The van der Waals surface area contributed by atoms with Crippen molar-refractivity contribution in [1.29, 1.82) is 0 Å². The summed E-state index contributed by atoms with van der Waals surface area (Å²) in [6.45, 7) is 3.00. The molecule has 3 aliphatic rings. The molecule has 2 heterocycles. The van der Waals surface area contributed by atoms with Crippen LogP contribution in [0.1, 0.15) is 56.2 Å². The molecule has 148 valence electrons. The van der Waals surface area contributed by atoms with Crippen LogP contribution in [0.15, 0.2) is 4.99 Å². The SMILES string of the molecule is Cc1nc2n(n1)CCCC2NC(=NCC(=O)N(C)C)NC1CC2CCC1C2. The first kappa shape index (κ1) is 18.3. The van der Waals surface area contributed by atoms with Gasteiger partial charge >= 0.3 is 0 Å². The fourth-order valence-corrected chi connectivity index (χ4v) is 4.79. The van der Waals surface area contributed by atoms with Gasteiger partial charge in [0.05, 0.1) is 6.04 Å². The van der Waals surface area contributed by atoms with Crippen LogP contribution in [-0.4, -0.2) is 58.2 Å². The number of carbonyl (C=O) groups excluding carboxylic acids is 1. The zero-order valence-electron chi connectivity index (χ0n) is 16.6. The molecule has 0 aromatic carbocycles. The molecule has 1 aromatic rings. The van der Waals surface area contributed by atoms with Crippen molar-refractivity contribution in [1.82, 2.24) is 30.3 Å². The van der Waals surface area contributed by atoms with E-state index in [1.807, 2.05) is 11.6 Å². The zero-order chi connectivity index (χ0) is 19.0. The maximum Gasteiger partial charge on any atom is 0.243 e. The van der Waals surface area contributed by atoms with Gasteiger partial charge in [-0.15, -0.1) is 0 Å². The summed E-state index contributed by atoms with van der Waals surface area (Å²) in [6.07, 6.45) is 7.28. The molecule has 8 nitrogen and oxygen atoms in total. The van der Waals surface area contributed by atoms with Crippen LogP contribution >= 0.6 is 0 Å². The third kappa shape index (κ3) is 3.94. The average molecular weight is 374 g/mol. The molecule has 0 spiro atoms. The predicted octanol–water partition coefficient (Wildman–Crippen LogP) is 1.23. The highest BCUT2D eigenvalue weighted by atomic mass is 16.2. The lowest BCUT2D eigenvalue weighted by atomic mass is 9.95. The van der Waals surface area contributed by atoms with Crippen LogP contribution < -0.4 is 10.6 Å². The molecule has 2 aliphatic carbocycles. The number of amides is 1. The lowest BCUT2D eigenvalue weighted by molar-refractivity contribution is -0.127. The topological polar surface area (TPSA) is 87.4 Å². The molecule has 2 fully saturated rings. The van der Waals surface area contributed by atoms with Gasteiger partial charge in [-0.2, -0.15) is 5.10 Å². The van der Waals surface area contributed by atoms with Gasteiger partial charge in [0, 0.05) is 26.7 Å². The van der Waals surface area contributed by atoms with Crippen molar-refractivity contribution in [3.05, 3.63) is 11.6 Å². The molecule has 4 unspecified atom stereocenters. The summed E-state index contributed by atoms with van der Waals surface area (Å²) in [5, 5.41) is 11.7. The number of guanidine groups is 1. The molecule has 4 atom stereocenters. The van der Waals surface area contributed by atoms with Crippen LogP contribution in [0.5, 0.6) is 0 Å². The summed E-state index contributed by atoms with van der Waals surface area (Å²) >= 11 is 0. The fraction of sp³-hybridized carbons (Fsp3) is 0.789. The second-order valence-electron chi connectivity index (χ2n) is 8.46. The molecule has 2 N–H and O–H groups in total.